The summed E-state index contributed by atoms with van der Waals surface area (Å²) in [5.41, 5.74) is 1.11. The maximum atomic E-state index is 6.07. The number of aromatic nitrogens is 2. The molecule has 1 fully saturated rings. The Kier molecular flexibility index (Phi) is 5.31. The summed E-state index contributed by atoms with van der Waals surface area (Å²) >= 11 is 3.76. The van der Waals surface area contributed by atoms with E-state index in [2.05, 4.69) is 17.1 Å². The second-order valence-corrected chi connectivity index (χ2v) is 7.91. The second-order valence-electron chi connectivity index (χ2n) is 5.19. The molecule has 4 nitrogen and oxygen atoms in total. The molecule has 1 aromatic heterocycles. The summed E-state index contributed by atoms with van der Waals surface area (Å²) in [5, 5.41) is 8.45. The van der Waals surface area contributed by atoms with E-state index >= 15 is 0 Å². The molecule has 0 radical (unpaired) electrons. The van der Waals surface area contributed by atoms with Gasteiger partial charge in [-0.25, -0.2) is 0 Å². The molecule has 1 aliphatic heterocycles. The number of benzene rings is 1. The Balaban J connectivity index is 1.73. The smallest absolute Gasteiger partial charge is 0.257 e. The summed E-state index contributed by atoms with van der Waals surface area (Å²) in [6.07, 6.45) is 1.85. The molecule has 1 aromatic carbocycles. The first-order chi connectivity index (χ1) is 10.8. The second kappa shape index (κ2) is 7.42. The first kappa shape index (κ1) is 15.7. The molecule has 3 rings (SSSR count). The van der Waals surface area contributed by atoms with Crippen LogP contribution in [-0.2, 0) is 0 Å². The normalized spacial score (nSPS) is 17.4. The predicted molar refractivity (Wildman–Crippen MR) is 91.4 cm³/mol. The van der Waals surface area contributed by atoms with Crippen LogP contribution in [0.3, 0.4) is 0 Å². The molecule has 1 aliphatic rings. The van der Waals surface area contributed by atoms with Gasteiger partial charge in [-0.2, -0.15) is 0 Å². The van der Waals surface area contributed by atoms with Gasteiger partial charge >= 0.3 is 0 Å². The molecule has 1 saturated heterocycles. The van der Waals surface area contributed by atoms with Crippen molar-refractivity contribution in [2.75, 3.05) is 11.5 Å². The molecular weight excluding hydrogens is 316 g/mol. The van der Waals surface area contributed by atoms with Crippen molar-refractivity contribution >= 4 is 23.5 Å². The zero-order chi connectivity index (χ0) is 15.4. The molecule has 0 aliphatic carbocycles. The Hall–Kier alpha value is -1.14. The fourth-order valence-electron chi connectivity index (χ4n) is 2.25. The van der Waals surface area contributed by atoms with E-state index in [1.807, 2.05) is 54.7 Å². The lowest BCUT2D eigenvalue weighted by atomic mass is 10.2. The molecule has 1 unspecified atom stereocenters. The average Bonchev–Trinajstić information content (AvgIpc) is 3.05. The first-order valence-corrected chi connectivity index (χ1v) is 9.66. The van der Waals surface area contributed by atoms with Gasteiger partial charge in [0.2, 0.25) is 5.89 Å². The topological polar surface area (TPSA) is 48.2 Å². The van der Waals surface area contributed by atoms with Gasteiger partial charge in [-0.05, 0) is 42.9 Å². The van der Waals surface area contributed by atoms with Crippen molar-refractivity contribution in [1.82, 2.24) is 10.2 Å². The van der Waals surface area contributed by atoms with Crippen LogP contribution in [0.2, 0.25) is 0 Å². The molecule has 2 aromatic rings. The number of rotatable bonds is 5. The molecule has 0 N–H and O–H groups in total. The Morgan fingerprint density at radius 2 is 2.05 bits per heavy atom. The molecule has 22 heavy (non-hydrogen) atoms. The standard InChI is InChI=1S/C16H20N2O2S2/c1-3-12(19-13-8-5-4-7-11(13)2)14-17-18-15(20-14)16-21-9-6-10-22-16/h4-5,7-8,12,16H,3,6,9-10H2,1-2H3. The van der Waals surface area contributed by atoms with Crippen LogP contribution in [0.1, 0.15) is 47.8 Å². The summed E-state index contributed by atoms with van der Waals surface area (Å²) in [4.78, 5) is 0. The SMILES string of the molecule is CCC(Oc1ccccc1C)c1nnc(C2SCCCS2)o1. The highest BCUT2D eigenvalue weighted by Crippen LogP contribution is 2.43. The van der Waals surface area contributed by atoms with Crippen molar-refractivity contribution in [2.24, 2.45) is 0 Å². The number of hydrogen-bond acceptors (Lipinski definition) is 6. The zero-order valence-corrected chi connectivity index (χ0v) is 14.5. The third-order valence-electron chi connectivity index (χ3n) is 3.49. The van der Waals surface area contributed by atoms with E-state index in [0.717, 1.165) is 35.1 Å². The van der Waals surface area contributed by atoms with Crippen molar-refractivity contribution in [3.63, 3.8) is 0 Å². The lowest BCUT2D eigenvalue weighted by molar-refractivity contribution is 0.162. The van der Waals surface area contributed by atoms with Gasteiger partial charge in [-0.3, -0.25) is 0 Å². The Morgan fingerprint density at radius 1 is 1.27 bits per heavy atom. The summed E-state index contributed by atoms with van der Waals surface area (Å²) < 4.78 is 12.2. The lowest BCUT2D eigenvalue weighted by Gasteiger charge is -2.17. The van der Waals surface area contributed by atoms with E-state index in [1.54, 1.807) is 0 Å². The predicted octanol–water partition coefficient (Wildman–Crippen LogP) is 4.78. The van der Waals surface area contributed by atoms with Gasteiger partial charge in [0.05, 0.1) is 0 Å². The summed E-state index contributed by atoms with van der Waals surface area (Å²) in [5.74, 6) is 4.48. The van der Waals surface area contributed by atoms with Gasteiger partial charge in [-0.1, -0.05) is 25.1 Å². The van der Waals surface area contributed by atoms with Crippen LogP contribution in [0.15, 0.2) is 28.7 Å². The maximum absolute atomic E-state index is 6.07. The van der Waals surface area contributed by atoms with Gasteiger partial charge in [0.25, 0.3) is 5.89 Å². The molecular formula is C16H20N2O2S2. The van der Waals surface area contributed by atoms with Gasteiger partial charge in [0, 0.05) is 0 Å². The summed E-state index contributed by atoms with van der Waals surface area (Å²) in [6.45, 7) is 4.10. The Bertz CT molecular complexity index is 612. The van der Waals surface area contributed by atoms with E-state index in [1.165, 1.54) is 6.42 Å². The van der Waals surface area contributed by atoms with Crippen LogP contribution >= 0.6 is 23.5 Å². The maximum Gasteiger partial charge on any atom is 0.257 e. The van der Waals surface area contributed by atoms with E-state index in [4.69, 9.17) is 9.15 Å². The van der Waals surface area contributed by atoms with Crippen LogP contribution in [0.4, 0.5) is 0 Å². The fraction of sp³-hybridized carbons (Fsp3) is 0.500. The minimum Gasteiger partial charge on any atom is -0.480 e. The average molecular weight is 336 g/mol. The highest BCUT2D eigenvalue weighted by atomic mass is 32.2. The number of thioether (sulfide) groups is 2. The van der Waals surface area contributed by atoms with Crippen molar-refractivity contribution in [3.8, 4) is 5.75 Å². The van der Waals surface area contributed by atoms with Crippen LogP contribution in [0.25, 0.3) is 0 Å². The van der Waals surface area contributed by atoms with Crippen molar-refractivity contribution in [1.29, 1.82) is 0 Å². The van der Waals surface area contributed by atoms with E-state index in [-0.39, 0.29) is 10.7 Å². The number of nitrogens with zero attached hydrogens (tertiary/aromatic N) is 2. The molecule has 0 amide bonds. The van der Waals surface area contributed by atoms with Gasteiger partial charge in [-0.15, -0.1) is 33.7 Å². The van der Waals surface area contributed by atoms with Crippen molar-refractivity contribution in [3.05, 3.63) is 41.6 Å². The molecule has 0 saturated carbocycles. The first-order valence-electron chi connectivity index (χ1n) is 7.56. The molecule has 2 heterocycles. The Morgan fingerprint density at radius 3 is 2.77 bits per heavy atom. The minimum atomic E-state index is -0.194. The lowest BCUT2D eigenvalue weighted by Crippen LogP contribution is -2.07. The quantitative estimate of drug-likeness (QED) is 0.783. The Labute approximate surface area is 139 Å². The summed E-state index contributed by atoms with van der Waals surface area (Å²) in [7, 11) is 0. The third kappa shape index (κ3) is 3.60. The summed E-state index contributed by atoms with van der Waals surface area (Å²) in [6, 6.07) is 7.99. The highest BCUT2D eigenvalue weighted by Gasteiger charge is 2.25. The third-order valence-corrected chi connectivity index (χ3v) is 6.37. The molecule has 0 bridgehead atoms. The van der Waals surface area contributed by atoms with Crippen molar-refractivity contribution in [2.45, 2.75) is 37.4 Å². The van der Waals surface area contributed by atoms with Gasteiger partial charge in [0.1, 0.15) is 10.3 Å². The van der Waals surface area contributed by atoms with Crippen LogP contribution in [0.5, 0.6) is 5.75 Å². The molecule has 0 spiro atoms. The van der Waals surface area contributed by atoms with Gasteiger partial charge < -0.3 is 9.15 Å². The zero-order valence-electron chi connectivity index (χ0n) is 12.8. The number of ether oxygens (including phenoxy) is 1. The number of para-hydroxylation sites is 1. The molecule has 1 atom stereocenters. The van der Waals surface area contributed by atoms with E-state index in [0.29, 0.717) is 5.89 Å². The fourth-order valence-corrected chi connectivity index (χ4v) is 4.92. The minimum absolute atomic E-state index is 0.194. The van der Waals surface area contributed by atoms with Crippen LogP contribution in [-0.4, -0.2) is 21.7 Å². The molecule has 6 heteroatoms. The number of aryl methyl sites for hydroxylation is 1. The van der Waals surface area contributed by atoms with Crippen LogP contribution in [0, 0.1) is 6.92 Å². The number of hydrogen-bond donors (Lipinski definition) is 0. The van der Waals surface area contributed by atoms with E-state index in [9.17, 15) is 0 Å². The largest absolute Gasteiger partial charge is 0.480 e. The van der Waals surface area contributed by atoms with Crippen LogP contribution < -0.4 is 4.74 Å². The monoisotopic (exact) mass is 336 g/mol. The van der Waals surface area contributed by atoms with Crippen molar-refractivity contribution < 1.29 is 9.15 Å². The van der Waals surface area contributed by atoms with Gasteiger partial charge in [0.15, 0.2) is 6.10 Å². The van der Waals surface area contributed by atoms with E-state index < -0.39 is 0 Å². The molecule has 118 valence electrons. The highest BCUT2D eigenvalue weighted by molar-refractivity contribution is 8.16.